The maximum Gasteiger partial charge on any atom is 0.332 e. The van der Waals surface area contributed by atoms with Crippen molar-refractivity contribution in [2.24, 2.45) is 14.1 Å². The zero-order valence-electron chi connectivity index (χ0n) is 15.0. The second kappa shape index (κ2) is 5.88. The fourth-order valence-electron chi connectivity index (χ4n) is 2.90. The number of nitrogens with zero attached hydrogens (tertiary/aromatic N) is 4. The van der Waals surface area contributed by atoms with Crippen LogP contribution in [0.5, 0.6) is 0 Å². The molecule has 2 aromatic heterocycles. The van der Waals surface area contributed by atoms with Gasteiger partial charge in [-0.3, -0.25) is 18.5 Å². The summed E-state index contributed by atoms with van der Waals surface area (Å²) in [6.07, 6.45) is 0. The van der Waals surface area contributed by atoms with Gasteiger partial charge in [-0.25, -0.2) is 9.78 Å². The molecule has 0 aliphatic carbocycles. The van der Waals surface area contributed by atoms with Gasteiger partial charge >= 0.3 is 5.69 Å². The normalized spacial score (nSPS) is 12.1. The number of hydrogen-bond donors (Lipinski definition) is 0. The Morgan fingerprint density at radius 1 is 1.04 bits per heavy atom. The summed E-state index contributed by atoms with van der Waals surface area (Å²) in [5.41, 5.74) is 2.11. The Morgan fingerprint density at radius 3 is 2.20 bits per heavy atom. The zero-order chi connectivity index (χ0) is 18.5. The third kappa shape index (κ3) is 2.91. The third-order valence-corrected chi connectivity index (χ3v) is 4.74. The van der Waals surface area contributed by atoms with E-state index in [4.69, 9.17) is 11.6 Å². The van der Waals surface area contributed by atoms with E-state index in [0.29, 0.717) is 12.2 Å². The van der Waals surface area contributed by atoms with E-state index in [1.807, 2.05) is 12.1 Å². The lowest BCUT2D eigenvalue weighted by molar-refractivity contribution is 0.589. The fraction of sp³-hybridized carbons (Fsp3) is 0.389. The smallest absolute Gasteiger partial charge is 0.296 e. The zero-order valence-corrected chi connectivity index (χ0v) is 15.8. The molecule has 6 nitrogen and oxygen atoms in total. The molecule has 0 amide bonds. The molecule has 2 heterocycles. The Hall–Kier alpha value is -2.34. The highest BCUT2D eigenvalue weighted by atomic mass is 35.5. The van der Waals surface area contributed by atoms with Crippen molar-refractivity contribution in [3.63, 3.8) is 0 Å². The molecule has 0 spiro atoms. The van der Waals surface area contributed by atoms with Crippen molar-refractivity contribution in [3.8, 4) is 0 Å². The molecule has 0 saturated carbocycles. The van der Waals surface area contributed by atoms with E-state index in [1.165, 1.54) is 17.2 Å². The molecule has 0 radical (unpaired) electrons. The molecule has 0 saturated heterocycles. The van der Waals surface area contributed by atoms with Crippen molar-refractivity contribution in [2.75, 3.05) is 0 Å². The monoisotopic (exact) mass is 360 g/mol. The van der Waals surface area contributed by atoms with Crippen molar-refractivity contribution in [1.82, 2.24) is 18.7 Å². The van der Waals surface area contributed by atoms with Gasteiger partial charge in [0.05, 0.1) is 6.54 Å². The minimum atomic E-state index is -0.443. The van der Waals surface area contributed by atoms with Crippen molar-refractivity contribution >= 4 is 22.8 Å². The first kappa shape index (κ1) is 17.5. The molecule has 132 valence electrons. The van der Waals surface area contributed by atoms with Crippen molar-refractivity contribution in [2.45, 2.75) is 32.7 Å². The molecule has 0 bridgehead atoms. The summed E-state index contributed by atoms with van der Waals surface area (Å²) < 4.78 is 4.12. The van der Waals surface area contributed by atoms with E-state index < -0.39 is 11.2 Å². The summed E-state index contributed by atoms with van der Waals surface area (Å²) in [4.78, 5) is 28.7. The summed E-state index contributed by atoms with van der Waals surface area (Å²) in [5, 5.41) is 0.188. The average Bonchev–Trinajstić information content (AvgIpc) is 2.87. The van der Waals surface area contributed by atoms with E-state index in [0.717, 1.165) is 10.1 Å². The van der Waals surface area contributed by atoms with Crippen LogP contribution in [0.15, 0.2) is 33.9 Å². The lowest BCUT2D eigenvalue weighted by Gasteiger charge is -2.19. The molecule has 0 aliphatic heterocycles. The van der Waals surface area contributed by atoms with Gasteiger partial charge in [0.15, 0.2) is 11.2 Å². The quantitative estimate of drug-likeness (QED) is 0.659. The number of fused-ring (bicyclic) bond motifs is 1. The van der Waals surface area contributed by atoms with E-state index >= 15 is 0 Å². The second-order valence-electron chi connectivity index (χ2n) is 7.29. The van der Waals surface area contributed by atoms with Gasteiger partial charge in [0.1, 0.15) is 0 Å². The van der Waals surface area contributed by atoms with E-state index in [-0.39, 0.29) is 16.2 Å². The Bertz CT molecular complexity index is 1070. The van der Waals surface area contributed by atoms with Crippen LogP contribution in [0.2, 0.25) is 5.28 Å². The third-order valence-electron chi connectivity index (χ3n) is 4.45. The highest BCUT2D eigenvalue weighted by Gasteiger charge is 2.18. The molecule has 3 aromatic rings. The van der Waals surface area contributed by atoms with Crippen LogP contribution in [-0.4, -0.2) is 18.7 Å². The molecule has 0 aliphatic rings. The Morgan fingerprint density at radius 2 is 1.64 bits per heavy atom. The van der Waals surface area contributed by atoms with Gasteiger partial charge in [-0.1, -0.05) is 45.0 Å². The van der Waals surface area contributed by atoms with Gasteiger partial charge < -0.3 is 0 Å². The van der Waals surface area contributed by atoms with Gasteiger partial charge in [-0.05, 0) is 28.1 Å². The first-order valence-corrected chi connectivity index (χ1v) is 8.40. The van der Waals surface area contributed by atoms with Crippen molar-refractivity contribution < 1.29 is 0 Å². The minimum absolute atomic E-state index is 0.0774. The van der Waals surface area contributed by atoms with Crippen LogP contribution in [0, 0.1) is 0 Å². The number of hydrogen-bond acceptors (Lipinski definition) is 3. The molecule has 0 fully saturated rings. The number of aryl methyl sites for hydroxylation is 1. The molecule has 7 heteroatoms. The summed E-state index contributed by atoms with van der Waals surface area (Å²) in [6, 6.07) is 8.23. The largest absolute Gasteiger partial charge is 0.332 e. The van der Waals surface area contributed by atoms with E-state index in [9.17, 15) is 9.59 Å². The summed E-state index contributed by atoms with van der Waals surface area (Å²) >= 11 is 6.26. The van der Waals surface area contributed by atoms with Gasteiger partial charge in [0, 0.05) is 14.1 Å². The van der Waals surface area contributed by atoms with Gasteiger partial charge in [-0.15, -0.1) is 0 Å². The Kier molecular flexibility index (Phi) is 4.11. The Labute approximate surface area is 150 Å². The molecule has 1 aromatic carbocycles. The first-order valence-electron chi connectivity index (χ1n) is 8.02. The predicted octanol–water partition coefficient (Wildman–Crippen LogP) is 2.43. The number of benzene rings is 1. The fourth-order valence-corrected chi connectivity index (χ4v) is 3.12. The maximum absolute atomic E-state index is 12.3. The molecular weight excluding hydrogens is 340 g/mol. The summed E-state index contributed by atoms with van der Waals surface area (Å²) in [7, 11) is 3.05. The summed E-state index contributed by atoms with van der Waals surface area (Å²) in [5.74, 6) is 0. The van der Waals surface area contributed by atoms with Gasteiger partial charge in [0.25, 0.3) is 5.56 Å². The number of rotatable bonds is 2. The van der Waals surface area contributed by atoms with Crippen LogP contribution >= 0.6 is 11.6 Å². The van der Waals surface area contributed by atoms with Crippen LogP contribution in [0.25, 0.3) is 11.2 Å². The lowest BCUT2D eigenvalue weighted by atomic mass is 9.87. The van der Waals surface area contributed by atoms with Crippen molar-refractivity contribution in [1.29, 1.82) is 0 Å². The number of halogens is 1. The van der Waals surface area contributed by atoms with Gasteiger partial charge in [0.2, 0.25) is 5.28 Å². The summed E-state index contributed by atoms with van der Waals surface area (Å²) in [6.45, 7) is 6.91. The minimum Gasteiger partial charge on any atom is -0.296 e. The number of aromatic nitrogens is 4. The molecule has 0 atom stereocenters. The van der Waals surface area contributed by atoms with Gasteiger partial charge in [-0.2, -0.15) is 0 Å². The van der Waals surface area contributed by atoms with Crippen LogP contribution in [0.1, 0.15) is 31.9 Å². The first-order chi connectivity index (χ1) is 11.6. The molecular formula is C18H21ClN4O2. The van der Waals surface area contributed by atoms with E-state index in [2.05, 4.69) is 37.9 Å². The topological polar surface area (TPSA) is 61.8 Å². The van der Waals surface area contributed by atoms with E-state index in [1.54, 1.807) is 11.6 Å². The molecule has 25 heavy (non-hydrogen) atoms. The molecule has 3 rings (SSSR count). The second-order valence-corrected chi connectivity index (χ2v) is 7.63. The van der Waals surface area contributed by atoms with Crippen LogP contribution in [0.3, 0.4) is 0 Å². The Balaban J connectivity index is 2.13. The highest BCUT2D eigenvalue weighted by molar-refractivity contribution is 6.29. The average molecular weight is 361 g/mol. The van der Waals surface area contributed by atoms with Crippen molar-refractivity contribution in [3.05, 3.63) is 61.5 Å². The maximum atomic E-state index is 12.3. The SMILES string of the molecule is Cn1c(=O)c2nc(Cl)n(Cc3ccc(C(C)(C)C)cc3)c2n(C)c1=O. The standard InChI is InChI=1S/C18H21ClN4O2/c1-18(2,3)12-8-6-11(7-9-12)10-23-14-13(20-16(23)19)15(24)22(5)17(25)21(14)4/h6-9H,10H2,1-5H3. The van der Waals surface area contributed by atoms with Crippen LogP contribution < -0.4 is 11.2 Å². The predicted molar refractivity (Wildman–Crippen MR) is 99.5 cm³/mol. The molecule has 0 unspecified atom stereocenters. The number of imidazole rings is 1. The molecule has 0 N–H and O–H groups in total. The van der Waals surface area contributed by atoms with Crippen LogP contribution in [-0.2, 0) is 26.1 Å². The van der Waals surface area contributed by atoms with Crippen LogP contribution in [0.4, 0.5) is 0 Å². The lowest BCUT2D eigenvalue weighted by Crippen LogP contribution is -2.37. The highest BCUT2D eigenvalue weighted by Crippen LogP contribution is 2.23.